The molecule has 29 heavy (non-hydrogen) atoms. The van der Waals surface area contributed by atoms with E-state index in [2.05, 4.69) is 10.3 Å². The fourth-order valence-electron chi connectivity index (χ4n) is 3.06. The lowest BCUT2D eigenvalue weighted by Gasteiger charge is -2.12. The summed E-state index contributed by atoms with van der Waals surface area (Å²) in [6.45, 7) is 3.33. The maximum absolute atomic E-state index is 11.7. The fourth-order valence-corrected chi connectivity index (χ4v) is 3.31. The monoisotopic (exact) mass is 409 g/mol. The van der Waals surface area contributed by atoms with Gasteiger partial charge >= 0.3 is 0 Å². The van der Waals surface area contributed by atoms with E-state index in [1.54, 1.807) is 41.2 Å². The minimum Gasteiger partial charge on any atom is -0.483 e. The van der Waals surface area contributed by atoms with E-state index in [0.29, 0.717) is 33.2 Å². The van der Waals surface area contributed by atoms with Gasteiger partial charge in [-0.15, -0.1) is 5.10 Å². The Bertz CT molecular complexity index is 1220. The molecule has 0 bridgehead atoms. The van der Waals surface area contributed by atoms with Gasteiger partial charge in [0.15, 0.2) is 5.78 Å². The number of para-hydroxylation sites is 1. The molecule has 2 aromatic carbocycles. The van der Waals surface area contributed by atoms with Gasteiger partial charge < -0.3 is 4.74 Å². The number of halogens is 1. The number of hydrogen-bond donors (Lipinski definition) is 1. The highest BCUT2D eigenvalue weighted by molar-refractivity contribution is 6.33. The van der Waals surface area contributed by atoms with Crippen molar-refractivity contribution in [2.75, 3.05) is 0 Å². The van der Waals surface area contributed by atoms with Gasteiger partial charge in [0.05, 0.1) is 22.3 Å². The second-order valence-electron chi connectivity index (χ2n) is 6.61. The first-order valence-electron chi connectivity index (χ1n) is 8.96. The minimum absolute atomic E-state index is 0.119. The van der Waals surface area contributed by atoms with Gasteiger partial charge in [-0.3, -0.25) is 10.0 Å². The average Bonchev–Trinajstić information content (AvgIpc) is 3.21. The van der Waals surface area contributed by atoms with Gasteiger partial charge in [-0.1, -0.05) is 28.9 Å². The van der Waals surface area contributed by atoms with Crippen molar-refractivity contribution in [2.24, 2.45) is 0 Å². The molecular weight excluding hydrogens is 392 g/mol. The molecule has 0 spiro atoms. The minimum atomic E-state index is -0.388. The zero-order chi connectivity index (χ0) is 20.5. The summed E-state index contributed by atoms with van der Waals surface area (Å²) in [5, 5.41) is 19.5. The van der Waals surface area contributed by atoms with Crippen LogP contribution in [0.3, 0.4) is 0 Å². The Morgan fingerprint density at radius 2 is 2.03 bits per heavy atom. The number of hydrogen-bond acceptors (Lipinski definition) is 5. The molecule has 4 rings (SSSR count). The Kier molecular flexibility index (Phi) is 4.90. The normalized spacial score (nSPS) is 12.1. The summed E-state index contributed by atoms with van der Waals surface area (Å²) < 4.78 is 8.71. The van der Waals surface area contributed by atoms with Crippen molar-refractivity contribution in [3.63, 3.8) is 0 Å². The van der Waals surface area contributed by atoms with Gasteiger partial charge in [0.1, 0.15) is 17.5 Å². The van der Waals surface area contributed by atoms with Gasteiger partial charge in [0, 0.05) is 22.4 Å². The van der Waals surface area contributed by atoms with Crippen LogP contribution in [-0.4, -0.2) is 26.0 Å². The third kappa shape index (κ3) is 3.64. The standard InChI is InChI=1S/C21H18ClN4O3/c1-13(27)17-11-15(7-8-18(17)22)25-12-19(23-24-25)14(2)29-21-9-10-26(28)20-6-4-3-5-16(20)21/h3-12,14,28H,1-2H3/q+1/t14-/m1/s1. The van der Waals surface area contributed by atoms with Crippen molar-refractivity contribution in [3.8, 4) is 11.4 Å². The van der Waals surface area contributed by atoms with Crippen molar-refractivity contribution in [1.29, 1.82) is 0 Å². The first-order chi connectivity index (χ1) is 13.9. The van der Waals surface area contributed by atoms with Crippen molar-refractivity contribution < 1.29 is 19.5 Å². The molecule has 0 aliphatic heterocycles. The molecule has 146 valence electrons. The zero-order valence-electron chi connectivity index (χ0n) is 15.8. The number of rotatable bonds is 5. The molecule has 2 aromatic heterocycles. The van der Waals surface area contributed by atoms with E-state index < -0.39 is 0 Å². The largest absolute Gasteiger partial charge is 0.483 e. The molecule has 0 fully saturated rings. The number of carbonyl (C=O) groups is 1. The zero-order valence-corrected chi connectivity index (χ0v) is 16.5. The Morgan fingerprint density at radius 1 is 1.24 bits per heavy atom. The summed E-state index contributed by atoms with van der Waals surface area (Å²) >= 11 is 6.08. The first-order valence-corrected chi connectivity index (χ1v) is 9.34. The van der Waals surface area contributed by atoms with Crippen LogP contribution in [0.25, 0.3) is 16.6 Å². The number of ketones is 1. The lowest BCUT2D eigenvalue weighted by molar-refractivity contribution is -0.884. The molecule has 2 heterocycles. The smallest absolute Gasteiger partial charge is 0.268 e. The van der Waals surface area contributed by atoms with Crippen LogP contribution in [0.1, 0.15) is 36.0 Å². The van der Waals surface area contributed by atoms with Crippen molar-refractivity contribution in [2.45, 2.75) is 20.0 Å². The number of aromatic nitrogens is 4. The Morgan fingerprint density at radius 3 is 2.83 bits per heavy atom. The van der Waals surface area contributed by atoms with Gasteiger partial charge in [-0.25, -0.2) is 4.68 Å². The van der Waals surface area contributed by atoms with E-state index in [1.807, 2.05) is 25.1 Å². The van der Waals surface area contributed by atoms with Crippen LogP contribution in [0.15, 0.2) is 60.9 Å². The van der Waals surface area contributed by atoms with Crippen molar-refractivity contribution in [3.05, 3.63) is 77.2 Å². The molecule has 0 saturated carbocycles. The lowest BCUT2D eigenvalue weighted by atomic mass is 10.1. The molecule has 0 saturated heterocycles. The quantitative estimate of drug-likeness (QED) is 0.307. The Balaban J connectivity index is 1.62. The third-order valence-corrected chi connectivity index (χ3v) is 4.94. The van der Waals surface area contributed by atoms with E-state index in [0.717, 1.165) is 10.1 Å². The summed E-state index contributed by atoms with van der Waals surface area (Å²) in [6, 6.07) is 14.2. The maximum Gasteiger partial charge on any atom is 0.268 e. The number of nitrogens with zero attached hydrogens (tertiary/aromatic N) is 4. The number of Topliss-reactive ketones (excluding diaryl/α,β-unsaturated/α-hetero) is 1. The van der Waals surface area contributed by atoms with Gasteiger partial charge in [0.2, 0.25) is 6.20 Å². The molecule has 8 heteroatoms. The lowest BCUT2D eigenvalue weighted by Crippen LogP contribution is -2.30. The number of fused-ring (bicyclic) bond motifs is 1. The maximum atomic E-state index is 11.7. The predicted octanol–water partition coefficient (Wildman–Crippen LogP) is 3.94. The second kappa shape index (κ2) is 7.52. The molecule has 1 N–H and O–H groups in total. The molecule has 0 unspecified atom stereocenters. The van der Waals surface area contributed by atoms with E-state index >= 15 is 0 Å². The highest BCUT2D eigenvalue weighted by Gasteiger charge is 2.18. The van der Waals surface area contributed by atoms with E-state index in [4.69, 9.17) is 16.3 Å². The van der Waals surface area contributed by atoms with Crippen LogP contribution in [0.2, 0.25) is 5.02 Å². The van der Waals surface area contributed by atoms with Gasteiger partial charge in [0.25, 0.3) is 5.52 Å². The average molecular weight is 410 g/mol. The first kappa shape index (κ1) is 18.9. The van der Waals surface area contributed by atoms with Crippen LogP contribution in [0.4, 0.5) is 0 Å². The summed E-state index contributed by atoms with van der Waals surface area (Å²) in [5.41, 5.74) is 2.36. The van der Waals surface area contributed by atoms with Crippen LogP contribution in [-0.2, 0) is 0 Å². The van der Waals surface area contributed by atoms with Crippen molar-refractivity contribution in [1.82, 2.24) is 15.0 Å². The number of benzene rings is 2. The number of ether oxygens (including phenoxy) is 1. The molecule has 0 aliphatic carbocycles. The summed E-state index contributed by atoms with van der Waals surface area (Å²) in [6.07, 6.45) is 2.88. The van der Waals surface area contributed by atoms with Crippen molar-refractivity contribution >= 4 is 28.3 Å². The molecule has 0 amide bonds. The molecule has 0 radical (unpaired) electrons. The van der Waals surface area contributed by atoms with E-state index in [1.165, 1.54) is 13.1 Å². The topological polar surface area (TPSA) is 81.1 Å². The summed E-state index contributed by atoms with van der Waals surface area (Å²) in [7, 11) is 0. The molecule has 7 nitrogen and oxygen atoms in total. The second-order valence-corrected chi connectivity index (χ2v) is 7.02. The van der Waals surface area contributed by atoms with Crippen LogP contribution < -0.4 is 9.47 Å². The summed E-state index contributed by atoms with van der Waals surface area (Å²) in [4.78, 5) is 11.7. The van der Waals surface area contributed by atoms with Crippen LogP contribution in [0.5, 0.6) is 5.75 Å². The molecule has 1 atom stereocenters. The SMILES string of the molecule is CC(=O)c1cc(-n2cc([C@@H](C)Oc3cc[n+](O)c4ccccc34)nn2)ccc1Cl. The fraction of sp³-hybridized carbons (Fsp3) is 0.143. The highest BCUT2D eigenvalue weighted by Crippen LogP contribution is 2.27. The van der Waals surface area contributed by atoms with E-state index in [9.17, 15) is 10.0 Å². The highest BCUT2D eigenvalue weighted by atomic mass is 35.5. The van der Waals surface area contributed by atoms with E-state index in [-0.39, 0.29) is 11.9 Å². The third-order valence-electron chi connectivity index (χ3n) is 4.61. The van der Waals surface area contributed by atoms with Crippen LogP contribution >= 0.6 is 11.6 Å². The summed E-state index contributed by atoms with van der Waals surface area (Å²) in [5.74, 6) is 0.504. The Hall–Kier alpha value is -3.45. The molecule has 0 aliphatic rings. The van der Waals surface area contributed by atoms with Crippen LogP contribution in [0, 0.1) is 0 Å². The number of carbonyl (C=O) groups excluding carboxylic acids is 1. The Labute approximate surface area is 171 Å². The molecule has 4 aromatic rings. The molecular formula is C21H18ClN4O3+. The van der Waals surface area contributed by atoms with Gasteiger partial charge in [-0.2, -0.15) is 0 Å². The predicted molar refractivity (Wildman–Crippen MR) is 107 cm³/mol. The van der Waals surface area contributed by atoms with Gasteiger partial charge in [-0.05, 0) is 38.1 Å². The number of pyridine rings is 1.